The predicted octanol–water partition coefficient (Wildman–Crippen LogP) is 3.93. The fraction of sp³-hybridized carbons (Fsp3) is 0.387. The van der Waals surface area contributed by atoms with Crippen molar-refractivity contribution >= 4 is 52.5 Å². The first-order valence-corrected chi connectivity index (χ1v) is 16.1. The summed E-state index contributed by atoms with van der Waals surface area (Å²) in [4.78, 5) is 67.9. The highest BCUT2D eigenvalue weighted by Gasteiger charge is 2.69. The molecule has 2 bridgehead atoms. The van der Waals surface area contributed by atoms with Crippen LogP contribution in [-0.2, 0) is 19.2 Å². The molecular weight excluding hydrogens is 609 g/mol. The Kier molecular flexibility index (Phi) is 7.32. The van der Waals surface area contributed by atoms with Crippen molar-refractivity contribution in [2.75, 3.05) is 18.5 Å². The van der Waals surface area contributed by atoms with E-state index >= 15 is 0 Å². The monoisotopic (exact) mass is 637 g/mol. The number of carboxylic acid groups (broad SMARTS) is 1. The molecule has 2 saturated carbocycles. The molecule has 4 aliphatic rings. The van der Waals surface area contributed by atoms with Crippen molar-refractivity contribution in [3.05, 3.63) is 74.5 Å². The van der Waals surface area contributed by atoms with Gasteiger partial charge in [-0.3, -0.25) is 28.9 Å². The largest absolute Gasteiger partial charge is 0.484 e. The van der Waals surface area contributed by atoms with Crippen LogP contribution in [0.25, 0.3) is 0 Å². The van der Waals surface area contributed by atoms with Gasteiger partial charge in [0.1, 0.15) is 11.6 Å². The van der Waals surface area contributed by atoms with Crippen LogP contribution in [0.15, 0.2) is 58.4 Å². The third-order valence-corrected chi connectivity index (χ3v) is 11.9. The molecule has 3 aromatic rings. The van der Waals surface area contributed by atoms with Crippen molar-refractivity contribution in [1.82, 2.24) is 9.88 Å². The van der Waals surface area contributed by atoms with Gasteiger partial charge in [0.2, 0.25) is 11.8 Å². The highest BCUT2D eigenvalue weighted by Crippen LogP contribution is 2.68. The Morgan fingerprint density at radius 3 is 2.43 bits per heavy atom. The third-order valence-electron chi connectivity index (χ3n) is 9.32. The molecule has 13 heteroatoms. The number of nitrogens with zero attached hydrogens (tertiary/aromatic N) is 1. The lowest BCUT2D eigenvalue weighted by Crippen LogP contribution is -2.42. The number of aromatic amines is 1. The number of amides is 3. The van der Waals surface area contributed by atoms with Crippen molar-refractivity contribution in [2.24, 2.45) is 29.6 Å². The number of carbonyl (C=O) groups excluding carboxylic acids is 3. The number of rotatable bonds is 9. The number of ether oxygens (including phenoxy) is 1. The Hall–Kier alpha value is -3.97. The molecule has 6 unspecified atom stereocenters. The number of aliphatic carboxylic acids is 1. The quantitative estimate of drug-likeness (QED) is 0.299. The molecule has 2 aliphatic heterocycles. The second kappa shape index (κ2) is 11.2. The average Bonchev–Trinajstić information content (AvgIpc) is 3.73. The highest BCUT2D eigenvalue weighted by molar-refractivity contribution is 8.00. The molecule has 2 aliphatic carbocycles. The summed E-state index contributed by atoms with van der Waals surface area (Å²) in [5, 5.41) is 12.5. The summed E-state index contributed by atoms with van der Waals surface area (Å²) in [6.07, 6.45) is 0.888. The van der Waals surface area contributed by atoms with Gasteiger partial charge in [0.15, 0.2) is 6.61 Å². The zero-order valence-electron chi connectivity index (χ0n) is 23.2. The Balaban J connectivity index is 1.10. The second-order valence-electron chi connectivity index (χ2n) is 11.7. The van der Waals surface area contributed by atoms with Gasteiger partial charge in [-0.15, -0.1) is 11.8 Å². The van der Waals surface area contributed by atoms with Gasteiger partial charge in [-0.25, -0.2) is 4.39 Å². The number of aromatic nitrogens is 1. The Bertz CT molecular complexity index is 1710. The number of nitrogens with one attached hydrogen (secondary N) is 2. The summed E-state index contributed by atoms with van der Waals surface area (Å²) < 4.78 is 18.8. The number of anilines is 1. The van der Waals surface area contributed by atoms with Crippen LogP contribution in [-0.4, -0.2) is 57.1 Å². The van der Waals surface area contributed by atoms with E-state index in [1.165, 1.54) is 40.5 Å². The number of hydrogen-bond donors (Lipinski definition) is 3. The van der Waals surface area contributed by atoms with E-state index in [-0.39, 0.29) is 77.5 Å². The van der Waals surface area contributed by atoms with Crippen molar-refractivity contribution in [3.8, 4) is 5.75 Å². The maximum Gasteiger partial charge on any atom is 0.305 e. The van der Waals surface area contributed by atoms with E-state index in [2.05, 4.69) is 10.3 Å². The SMILES string of the molecule is O=C(O)CCCN1C(=O)C2C3CC(C2C1=O)C1C3Sc2[nH]c(=O)sc2[C@@H]1c1ccc(OCC(=O)Nc2ccc(F)cc2)cc1. The highest BCUT2D eigenvalue weighted by atomic mass is 32.2. The van der Waals surface area contributed by atoms with Crippen molar-refractivity contribution in [3.63, 3.8) is 0 Å². The van der Waals surface area contributed by atoms with Gasteiger partial charge in [0.05, 0.1) is 16.9 Å². The number of halogens is 1. The van der Waals surface area contributed by atoms with Crippen molar-refractivity contribution in [2.45, 2.75) is 35.5 Å². The fourth-order valence-electron chi connectivity index (χ4n) is 7.71. The second-order valence-corrected chi connectivity index (χ2v) is 13.9. The molecule has 7 atom stereocenters. The number of benzene rings is 2. The van der Waals surface area contributed by atoms with Crippen LogP contribution in [0.2, 0.25) is 0 Å². The van der Waals surface area contributed by atoms with E-state index in [9.17, 15) is 28.4 Å². The van der Waals surface area contributed by atoms with Crippen molar-refractivity contribution < 1.29 is 33.4 Å². The van der Waals surface area contributed by atoms with E-state index in [0.29, 0.717) is 11.4 Å². The molecule has 228 valence electrons. The lowest BCUT2D eigenvalue weighted by molar-refractivity contribution is -0.142. The third kappa shape index (κ3) is 4.91. The standard InChI is InChI=1S/C31H28FN3O7S2/c32-15-5-7-16(8-6-15)33-20(36)13-42-17-9-3-14(4-10-17)22-23-18-12-19(26(23)43-28-27(22)44-31(41)34-28)25-24(18)29(39)35(30(25)40)11-1-2-21(37)38/h3-10,18-19,22-26H,1-2,11-13H2,(H,33,36)(H,34,41)(H,37,38)/t18?,19?,22-,23?,24?,25?,26?/m1/s1. The Labute approximate surface area is 259 Å². The minimum atomic E-state index is -0.959. The topological polar surface area (TPSA) is 146 Å². The zero-order chi connectivity index (χ0) is 30.7. The molecule has 3 fully saturated rings. The van der Waals surface area contributed by atoms with Crippen LogP contribution in [0, 0.1) is 35.4 Å². The first-order chi connectivity index (χ1) is 21.2. The van der Waals surface area contributed by atoms with Crippen LogP contribution < -0.4 is 14.9 Å². The summed E-state index contributed by atoms with van der Waals surface area (Å²) in [5.41, 5.74) is 1.42. The molecule has 0 radical (unpaired) electrons. The fourth-order valence-corrected chi connectivity index (χ4v) is 10.6. The summed E-state index contributed by atoms with van der Waals surface area (Å²) in [7, 11) is 0. The molecule has 0 spiro atoms. The van der Waals surface area contributed by atoms with Gasteiger partial charge in [-0.05, 0) is 72.6 Å². The molecule has 44 heavy (non-hydrogen) atoms. The van der Waals surface area contributed by atoms with Gasteiger partial charge in [-0.2, -0.15) is 0 Å². The number of carbonyl (C=O) groups is 4. The van der Waals surface area contributed by atoms with Crippen molar-refractivity contribution in [1.29, 1.82) is 0 Å². The minimum Gasteiger partial charge on any atom is -0.484 e. The van der Waals surface area contributed by atoms with E-state index in [4.69, 9.17) is 9.84 Å². The molecule has 2 aromatic carbocycles. The lowest BCUT2D eigenvalue weighted by Gasteiger charge is -2.43. The van der Waals surface area contributed by atoms with Crippen LogP contribution in [0.1, 0.15) is 35.6 Å². The molecule has 3 N–H and O–H groups in total. The van der Waals surface area contributed by atoms with Crippen LogP contribution in [0.4, 0.5) is 10.1 Å². The number of hydrogen-bond acceptors (Lipinski definition) is 8. The number of H-pyrrole nitrogens is 1. The first-order valence-electron chi connectivity index (χ1n) is 14.4. The van der Waals surface area contributed by atoms with E-state index in [0.717, 1.165) is 21.9 Å². The molecule has 10 nitrogen and oxygen atoms in total. The van der Waals surface area contributed by atoms with Gasteiger partial charge in [0.25, 0.3) is 5.91 Å². The van der Waals surface area contributed by atoms with Gasteiger partial charge in [-0.1, -0.05) is 23.5 Å². The molecule has 7 rings (SSSR count). The van der Waals surface area contributed by atoms with E-state index in [1.807, 2.05) is 12.1 Å². The number of fused-ring (bicyclic) bond motifs is 9. The summed E-state index contributed by atoms with van der Waals surface area (Å²) in [5.74, 6) is -2.66. The first kappa shape index (κ1) is 28.8. The minimum absolute atomic E-state index is 0.0118. The van der Waals surface area contributed by atoms with Gasteiger partial charge >= 0.3 is 10.8 Å². The summed E-state index contributed by atoms with van der Waals surface area (Å²) in [6, 6.07) is 12.8. The maximum absolute atomic E-state index is 13.6. The van der Waals surface area contributed by atoms with Crippen LogP contribution in [0.3, 0.4) is 0 Å². The normalized spacial score (nSPS) is 28.0. The van der Waals surface area contributed by atoms with E-state index in [1.54, 1.807) is 23.9 Å². The number of likely N-dealkylation sites (tertiary alicyclic amines) is 1. The average molecular weight is 638 g/mol. The molecular formula is C31H28FN3O7S2. The Morgan fingerprint density at radius 2 is 1.73 bits per heavy atom. The predicted molar refractivity (Wildman–Crippen MR) is 159 cm³/mol. The number of thioether (sulfide) groups is 1. The molecule has 3 amide bonds. The number of thiazole rings is 1. The molecule has 1 saturated heterocycles. The van der Waals surface area contributed by atoms with Crippen LogP contribution >= 0.6 is 23.1 Å². The maximum atomic E-state index is 13.6. The van der Waals surface area contributed by atoms with Gasteiger partial charge in [0, 0.05) is 34.7 Å². The lowest BCUT2D eigenvalue weighted by atomic mass is 9.68. The number of imide groups is 1. The van der Waals surface area contributed by atoms with Gasteiger partial charge < -0.3 is 20.1 Å². The number of carboxylic acids is 1. The molecule has 1 aromatic heterocycles. The Morgan fingerprint density at radius 1 is 1.02 bits per heavy atom. The summed E-state index contributed by atoms with van der Waals surface area (Å²) >= 11 is 2.78. The summed E-state index contributed by atoms with van der Waals surface area (Å²) in [6.45, 7) is -0.122. The molecule has 3 heterocycles. The van der Waals surface area contributed by atoms with E-state index < -0.39 is 23.6 Å². The smallest absolute Gasteiger partial charge is 0.305 e. The van der Waals surface area contributed by atoms with Crippen LogP contribution in [0.5, 0.6) is 5.75 Å². The zero-order valence-corrected chi connectivity index (χ0v) is 24.9.